The van der Waals surface area contributed by atoms with Gasteiger partial charge < -0.3 is 29.2 Å². The van der Waals surface area contributed by atoms with Gasteiger partial charge in [0.15, 0.2) is 18.1 Å². The second kappa shape index (κ2) is 13.2. The lowest BCUT2D eigenvalue weighted by atomic mass is 10.2. The number of hydrogen-bond donors (Lipinski definition) is 1. The number of nitrogens with zero attached hydrogens (tertiary/aromatic N) is 2. The summed E-state index contributed by atoms with van der Waals surface area (Å²) in [7, 11) is 2.71. The Bertz CT molecular complexity index is 1290. The summed E-state index contributed by atoms with van der Waals surface area (Å²) in [5, 5.41) is 2.20. The molecule has 0 unspecified atom stereocenters. The molecule has 2 fully saturated rings. The van der Waals surface area contributed by atoms with E-state index in [1.165, 1.54) is 14.2 Å². The molecule has 0 aromatic heterocycles. The second-order valence-corrected chi connectivity index (χ2v) is 10.5. The van der Waals surface area contributed by atoms with Crippen molar-refractivity contribution in [2.24, 2.45) is 0 Å². The fourth-order valence-corrected chi connectivity index (χ4v) is 5.48. The molecule has 13 heteroatoms. The van der Waals surface area contributed by atoms with Gasteiger partial charge in [-0.05, 0) is 82.4 Å². The van der Waals surface area contributed by atoms with Gasteiger partial charge in [-0.15, -0.1) is 0 Å². The molecule has 2 aliphatic heterocycles. The Morgan fingerprint density at radius 2 is 1.85 bits per heavy atom. The van der Waals surface area contributed by atoms with Crippen molar-refractivity contribution in [2.45, 2.75) is 0 Å². The molecule has 2 heterocycles. The zero-order chi connectivity index (χ0) is 27.9. The minimum atomic E-state index is -0.567. The summed E-state index contributed by atoms with van der Waals surface area (Å²) < 4.78 is 21.5. The van der Waals surface area contributed by atoms with Crippen LogP contribution in [0.4, 0.5) is 16.2 Å². The molecule has 0 radical (unpaired) electrons. The van der Waals surface area contributed by atoms with Crippen LogP contribution < -0.4 is 19.7 Å². The number of amides is 3. The molecular formula is C26H26IN3O8S. The van der Waals surface area contributed by atoms with E-state index < -0.39 is 29.6 Å². The van der Waals surface area contributed by atoms with Gasteiger partial charge in [0.05, 0.1) is 35.9 Å². The summed E-state index contributed by atoms with van der Waals surface area (Å²) in [4.78, 5) is 52.8. The van der Waals surface area contributed by atoms with Crippen LogP contribution in [0.2, 0.25) is 0 Å². The quantitative estimate of drug-likeness (QED) is 0.242. The van der Waals surface area contributed by atoms with Crippen LogP contribution >= 0.6 is 34.4 Å². The molecule has 206 valence electrons. The number of rotatable bonds is 9. The van der Waals surface area contributed by atoms with Gasteiger partial charge in [0.1, 0.15) is 6.54 Å². The van der Waals surface area contributed by atoms with E-state index in [1.54, 1.807) is 30.3 Å². The monoisotopic (exact) mass is 667 g/mol. The number of ether oxygens (including phenoxy) is 4. The highest BCUT2D eigenvalue weighted by atomic mass is 127. The fourth-order valence-electron chi connectivity index (χ4n) is 3.86. The smallest absolute Gasteiger partial charge is 0.343 e. The molecule has 4 rings (SSSR count). The first kappa shape index (κ1) is 28.7. The number of hydrogen-bond acceptors (Lipinski definition) is 10. The predicted octanol–water partition coefficient (Wildman–Crippen LogP) is 3.36. The maximum absolute atomic E-state index is 13.0. The molecule has 11 nitrogen and oxygen atoms in total. The van der Waals surface area contributed by atoms with Crippen molar-refractivity contribution >= 4 is 74.8 Å². The lowest BCUT2D eigenvalue weighted by Gasteiger charge is -2.28. The number of carbonyl (C=O) groups excluding carboxylic acids is 4. The average Bonchev–Trinajstić information content (AvgIpc) is 3.19. The van der Waals surface area contributed by atoms with E-state index in [4.69, 9.17) is 14.2 Å². The Labute approximate surface area is 242 Å². The van der Waals surface area contributed by atoms with E-state index in [9.17, 15) is 19.2 Å². The van der Waals surface area contributed by atoms with Crippen molar-refractivity contribution in [3.63, 3.8) is 0 Å². The Balaban J connectivity index is 1.40. The summed E-state index contributed by atoms with van der Waals surface area (Å²) in [5.41, 5.74) is 2.18. The highest BCUT2D eigenvalue weighted by Gasteiger charge is 2.36. The summed E-state index contributed by atoms with van der Waals surface area (Å²) in [6.45, 7) is 2.26. The Morgan fingerprint density at radius 1 is 1.13 bits per heavy atom. The Morgan fingerprint density at radius 3 is 2.51 bits per heavy atom. The summed E-state index contributed by atoms with van der Waals surface area (Å²) in [6, 6.07) is 10.7. The van der Waals surface area contributed by atoms with E-state index in [0.717, 1.165) is 35.4 Å². The summed E-state index contributed by atoms with van der Waals surface area (Å²) in [6.07, 6.45) is 1.54. The van der Waals surface area contributed by atoms with Crippen LogP contribution in [0.5, 0.6) is 11.5 Å². The molecule has 0 spiro atoms. The Kier molecular flexibility index (Phi) is 9.69. The van der Waals surface area contributed by atoms with Gasteiger partial charge >= 0.3 is 5.97 Å². The van der Waals surface area contributed by atoms with Crippen molar-refractivity contribution in [3.8, 4) is 11.5 Å². The van der Waals surface area contributed by atoms with Gasteiger partial charge in [-0.2, -0.15) is 0 Å². The number of carbonyl (C=O) groups is 4. The van der Waals surface area contributed by atoms with Gasteiger partial charge in [0.2, 0.25) is 5.91 Å². The van der Waals surface area contributed by atoms with Crippen LogP contribution in [0.15, 0.2) is 41.3 Å². The molecule has 3 amide bonds. The maximum Gasteiger partial charge on any atom is 0.343 e. The molecule has 2 saturated heterocycles. The zero-order valence-electron chi connectivity index (χ0n) is 21.2. The van der Waals surface area contributed by atoms with Crippen molar-refractivity contribution in [1.82, 2.24) is 4.90 Å². The van der Waals surface area contributed by atoms with E-state index in [1.807, 2.05) is 34.7 Å². The molecule has 2 aliphatic rings. The van der Waals surface area contributed by atoms with Crippen LogP contribution in [0.25, 0.3) is 6.08 Å². The molecule has 2 aromatic rings. The van der Waals surface area contributed by atoms with Crippen molar-refractivity contribution < 1.29 is 38.1 Å². The number of halogens is 1. The largest absolute Gasteiger partial charge is 0.493 e. The number of nitrogens with one attached hydrogen (secondary N) is 1. The SMILES string of the molecule is COC(=O)COc1c(I)cc(/C=C2\SC(=O)N(CC(=O)Nc3ccc(N4CCOCC4)cc3)C2=O)cc1OC. The molecule has 0 aliphatic carbocycles. The number of anilines is 2. The molecule has 0 saturated carbocycles. The number of thioether (sulfide) groups is 1. The normalized spacial score (nSPS) is 16.4. The number of morpholine rings is 1. The molecule has 0 bridgehead atoms. The third-order valence-corrected chi connectivity index (χ3v) is 7.52. The van der Waals surface area contributed by atoms with Crippen LogP contribution in [-0.2, 0) is 23.9 Å². The first-order valence-electron chi connectivity index (χ1n) is 11.8. The number of benzene rings is 2. The van der Waals surface area contributed by atoms with Crippen LogP contribution in [-0.4, -0.2) is 81.6 Å². The number of imide groups is 1. The predicted molar refractivity (Wildman–Crippen MR) is 154 cm³/mol. The van der Waals surface area contributed by atoms with E-state index in [0.29, 0.717) is 39.5 Å². The van der Waals surface area contributed by atoms with Crippen LogP contribution in [0.1, 0.15) is 5.56 Å². The number of esters is 1. The van der Waals surface area contributed by atoms with Gasteiger partial charge in [-0.1, -0.05) is 0 Å². The van der Waals surface area contributed by atoms with Gasteiger partial charge in [0, 0.05) is 24.5 Å². The van der Waals surface area contributed by atoms with E-state index >= 15 is 0 Å². The molecule has 39 heavy (non-hydrogen) atoms. The minimum absolute atomic E-state index is 0.170. The second-order valence-electron chi connectivity index (χ2n) is 8.36. The first-order chi connectivity index (χ1) is 18.8. The van der Waals surface area contributed by atoms with Crippen LogP contribution in [0, 0.1) is 3.57 Å². The summed E-state index contributed by atoms with van der Waals surface area (Å²) in [5.74, 6) is -0.901. The molecule has 2 aromatic carbocycles. The van der Waals surface area contributed by atoms with Gasteiger partial charge in [-0.25, -0.2) is 4.79 Å². The van der Waals surface area contributed by atoms with Crippen LogP contribution in [0.3, 0.4) is 0 Å². The first-order valence-corrected chi connectivity index (χ1v) is 13.7. The van der Waals surface area contributed by atoms with Crippen molar-refractivity contribution in [3.05, 3.63) is 50.4 Å². The van der Waals surface area contributed by atoms with Gasteiger partial charge in [0.25, 0.3) is 11.1 Å². The van der Waals surface area contributed by atoms with E-state index in [2.05, 4.69) is 15.0 Å². The molecule has 0 atom stereocenters. The third-order valence-electron chi connectivity index (χ3n) is 5.81. The Hall–Kier alpha value is -3.30. The standard InChI is InChI=1S/C26H26IN3O8S/c1-35-20-12-16(11-19(27)24(20)38-15-23(32)36-2)13-21-25(33)30(26(34)39-21)14-22(31)28-17-3-5-18(6-4-17)29-7-9-37-10-8-29/h3-6,11-13H,7-10,14-15H2,1-2H3,(H,28,31)/b21-13-. The highest BCUT2D eigenvalue weighted by Crippen LogP contribution is 2.37. The summed E-state index contributed by atoms with van der Waals surface area (Å²) >= 11 is 2.77. The lowest BCUT2D eigenvalue weighted by Crippen LogP contribution is -2.36. The highest BCUT2D eigenvalue weighted by molar-refractivity contribution is 14.1. The molecular weight excluding hydrogens is 641 g/mol. The third kappa shape index (κ3) is 7.22. The van der Waals surface area contributed by atoms with E-state index in [-0.39, 0.29) is 11.5 Å². The van der Waals surface area contributed by atoms with Gasteiger partial charge in [-0.3, -0.25) is 19.3 Å². The zero-order valence-corrected chi connectivity index (χ0v) is 24.2. The molecule has 1 N–H and O–H groups in total. The average molecular weight is 667 g/mol. The van der Waals surface area contributed by atoms with Crippen molar-refractivity contribution in [1.29, 1.82) is 0 Å². The van der Waals surface area contributed by atoms with Crippen molar-refractivity contribution in [2.75, 3.05) is 63.9 Å². The minimum Gasteiger partial charge on any atom is -0.493 e. The lowest BCUT2D eigenvalue weighted by molar-refractivity contribution is -0.143. The fraction of sp³-hybridized carbons (Fsp3) is 0.308. The maximum atomic E-state index is 13.0. The topological polar surface area (TPSA) is 124 Å². The number of methoxy groups -OCH3 is 2.